The summed E-state index contributed by atoms with van der Waals surface area (Å²) in [6, 6.07) is 4.11. The zero-order chi connectivity index (χ0) is 8.67. The molecule has 0 unspecified atom stereocenters. The number of allylic oxidation sites excluding steroid dienone is 4. The predicted molar refractivity (Wildman–Crippen MR) is 53.2 cm³/mol. The van der Waals surface area contributed by atoms with Gasteiger partial charge in [0.15, 0.2) is 0 Å². The molecular weight excluding hydrogens is 158 g/mol. The van der Waals surface area contributed by atoms with E-state index in [-0.39, 0.29) is 0 Å². The maximum Gasteiger partial charge on any atom is 0.0743 e. The number of pyridine rings is 1. The number of nitrogens with zero attached hydrogens (tertiary/aromatic N) is 1. The minimum Gasteiger partial charge on any atom is -0.256 e. The van der Waals surface area contributed by atoms with E-state index in [1.807, 2.05) is 12.3 Å². The van der Waals surface area contributed by atoms with Gasteiger partial charge in [0.2, 0.25) is 0 Å². The summed E-state index contributed by atoms with van der Waals surface area (Å²) >= 11 is 0. The largest absolute Gasteiger partial charge is 0.256 e. The molecule has 0 bridgehead atoms. The topological polar surface area (TPSA) is 12.9 Å². The van der Waals surface area contributed by atoms with Crippen LogP contribution in [0.15, 0.2) is 42.1 Å². The Balaban J connectivity index is 2.46. The van der Waals surface area contributed by atoms with Crippen molar-refractivity contribution < 1.29 is 0 Å². The Morgan fingerprint density at radius 2 is 2.31 bits per heavy atom. The minimum atomic E-state index is 1.02. The van der Waals surface area contributed by atoms with Crippen molar-refractivity contribution >= 4 is 11.6 Å². The molecule has 1 heterocycles. The van der Waals surface area contributed by atoms with Gasteiger partial charge >= 0.3 is 0 Å². The highest BCUT2D eigenvalue weighted by atomic mass is 14.6. The van der Waals surface area contributed by atoms with E-state index in [0.717, 1.165) is 11.8 Å². The van der Waals surface area contributed by atoms with E-state index in [1.165, 1.54) is 16.4 Å². The summed E-state index contributed by atoms with van der Waals surface area (Å²) in [6.07, 6.45) is 11.5. The number of fused-ring (bicyclic) bond motifs is 2. The van der Waals surface area contributed by atoms with Crippen LogP contribution in [0.5, 0.6) is 0 Å². The van der Waals surface area contributed by atoms with Gasteiger partial charge in [-0.25, -0.2) is 0 Å². The van der Waals surface area contributed by atoms with E-state index < -0.39 is 0 Å². The summed E-state index contributed by atoms with van der Waals surface area (Å²) in [4.78, 5) is 4.40. The van der Waals surface area contributed by atoms with E-state index >= 15 is 0 Å². The fraction of sp³-hybridized carbons (Fsp3) is 0.0833. The molecule has 3 rings (SSSR count). The molecule has 0 N–H and O–H groups in total. The van der Waals surface area contributed by atoms with Gasteiger partial charge in [0, 0.05) is 11.4 Å². The molecule has 0 aliphatic heterocycles. The van der Waals surface area contributed by atoms with Crippen LogP contribution < -0.4 is 10.6 Å². The first-order valence-electron chi connectivity index (χ1n) is 4.48. The van der Waals surface area contributed by atoms with E-state index in [4.69, 9.17) is 0 Å². The first-order valence-corrected chi connectivity index (χ1v) is 4.48. The molecule has 0 spiro atoms. The van der Waals surface area contributed by atoms with E-state index in [9.17, 15) is 0 Å². The highest BCUT2D eigenvalue weighted by Crippen LogP contribution is 2.21. The van der Waals surface area contributed by atoms with Crippen LogP contribution >= 0.6 is 0 Å². The van der Waals surface area contributed by atoms with Gasteiger partial charge < -0.3 is 0 Å². The first-order chi connectivity index (χ1) is 6.45. The second-order valence-electron chi connectivity index (χ2n) is 3.32. The second kappa shape index (κ2) is 2.43. The third-order valence-corrected chi connectivity index (χ3v) is 2.52. The quantitative estimate of drug-likeness (QED) is 0.559. The maximum absolute atomic E-state index is 4.40. The molecule has 2 aliphatic rings. The zero-order valence-electron chi connectivity index (χ0n) is 7.20. The van der Waals surface area contributed by atoms with Gasteiger partial charge in [-0.15, -0.1) is 0 Å². The third kappa shape index (κ3) is 0.903. The number of hydrogen-bond donors (Lipinski definition) is 0. The van der Waals surface area contributed by atoms with E-state index in [2.05, 4.69) is 35.4 Å². The van der Waals surface area contributed by atoms with Crippen molar-refractivity contribution in [1.29, 1.82) is 0 Å². The van der Waals surface area contributed by atoms with Crippen LogP contribution in [0.4, 0.5) is 0 Å². The number of rotatable bonds is 0. The normalized spacial score (nSPS) is 17.5. The molecule has 0 radical (unpaired) electrons. The van der Waals surface area contributed by atoms with Gasteiger partial charge in [-0.2, -0.15) is 0 Å². The molecule has 0 saturated carbocycles. The third-order valence-electron chi connectivity index (χ3n) is 2.52. The van der Waals surface area contributed by atoms with Crippen molar-refractivity contribution in [3.05, 3.63) is 52.7 Å². The molecule has 0 fully saturated rings. The molecule has 0 saturated heterocycles. The van der Waals surface area contributed by atoms with Crippen molar-refractivity contribution in [3.63, 3.8) is 0 Å². The monoisotopic (exact) mass is 167 g/mol. The molecule has 0 atom stereocenters. The summed E-state index contributed by atoms with van der Waals surface area (Å²) in [5.74, 6) is 0. The second-order valence-corrected chi connectivity index (χ2v) is 3.32. The molecular formula is C12H9N. The number of hydrogen-bond acceptors (Lipinski definition) is 1. The average Bonchev–Trinajstić information content (AvgIpc) is 2.56. The van der Waals surface area contributed by atoms with Gasteiger partial charge in [-0.1, -0.05) is 24.3 Å². The highest BCUT2D eigenvalue weighted by molar-refractivity contribution is 5.83. The van der Waals surface area contributed by atoms with Crippen molar-refractivity contribution in [2.24, 2.45) is 0 Å². The molecule has 0 amide bonds. The predicted octanol–water partition coefficient (Wildman–Crippen LogP) is 0.913. The SMILES string of the molecule is C1=CCC2=c3ncccc3=CC2=C1. The van der Waals surface area contributed by atoms with Crippen LogP contribution in [0.2, 0.25) is 0 Å². The van der Waals surface area contributed by atoms with Crippen molar-refractivity contribution in [2.45, 2.75) is 6.42 Å². The first kappa shape index (κ1) is 6.84. The lowest BCUT2D eigenvalue weighted by Gasteiger charge is -2.03. The summed E-state index contributed by atoms with van der Waals surface area (Å²) < 4.78 is 0. The van der Waals surface area contributed by atoms with Crippen LogP contribution in [-0.4, -0.2) is 4.98 Å². The van der Waals surface area contributed by atoms with Gasteiger partial charge in [-0.3, -0.25) is 4.98 Å². The molecule has 1 nitrogen and oxygen atoms in total. The zero-order valence-corrected chi connectivity index (χ0v) is 7.20. The average molecular weight is 167 g/mol. The summed E-state index contributed by atoms with van der Waals surface area (Å²) in [5, 5.41) is 2.42. The smallest absolute Gasteiger partial charge is 0.0743 e. The molecule has 62 valence electrons. The minimum absolute atomic E-state index is 1.02. The van der Waals surface area contributed by atoms with Crippen LogP contribution in [0.25, 0.3) is 11.6 Å². The standard InChI is InChI=1S/C12H9N/c1-2-6-11-9(4-1)8-10-5-3-7-13-12(10)11/h1-5,7-8H,6H2. The molecule has 1 aromatic rings. The Hall–Kier alpha value is -1.63. The Morgan fingerprint density at radius 1 is 1.31 bits per heavy atom. The maximum atomic E-state index is 4.40. The van der Waals surface area contributed by atoms with Crippen LogP contribution in [-0.2, 0) is 0 Å². The van der Waals surface area contributed by atoms with Crippen LogP contribution in [0.1, 0.15) is 6.42 Å². The van der Waals surface area contributed by atoms with Crippen molar-refractivity contribution in [2.75, 3.05) is 0 Å². The number of aromatic nitrogens is 1. The summed E-state index contributed by atoms with van der Waals surface area (Å²) in [6.45, 7) is 0. The Labute approximate surface area is 76.4 Å². The molecule has 2 aliphatic carbocycles. The molecule has 0 aromatic carbocycles. The van der Waals surface area contributed by atoms with Gasteiger partial charge in [0.1, 0.15) is 0 Å². The van der Waals surface area contributed by atoms with Crippen LogP contribution in [0.3, 0.4) is 0 Å². The Kier molecular flexibility index (Phi) is 1.28. The summed E-state index contributed by atoms with van der Waals surface area (Å²) in [7, 11) is 0. The van der Waals surface area contributed by atoms with Gasteiger partial charge in [-0.05, 0) is 29.7 Å². The fourth-order valence-corrected chi connectivity index (χ4v) is 1.90. The fourth-order valence-electron chi connectivity index (χ4n) is 1.90. The van der Waals surface area contributed by atoms with Crippen molar-refractivity contribution in [3.8, 4) is 0 Å². The van der Waals surface area contributed by atoms with Gasteiger partial charge in [0.25, 0.3) is 0 Å². The molecule has 1 aromatic heterocycles. The van der Waals surface area contributed by atoms with Crippen molar-refractivity contribution in [1.82, 2.24) is 4.98 Å². The molecule has 1 heteroatoms. The lowest BCUT2D eigenvalue weighted by molar-refractivity contribution is 1.19. The Morgan fingerprint density at radius 3 is 3.31 bits per heavy atom. The summed E-state index contributed by atoms with van der Waals surface area (Å²) in [5.41, 5.74) is 2.70. The Bertz CT molecular complexity index is 532. The molecule has 13 heavy (non-hydrogen) atoms. The lowest BCUT2D eigenvalue weighted by atomic mass is 10.0. The lowest BCUT2D eigenvalue weighted by Crippen LogP contribution is -2.25. The van der Waals surface area contributed by atoms with E-state index in [1.54, 1.807) is 0 Å². The van der Waals surface area contributed by atoms with Gasteiger partial charge in [0.05, 0.1) is 5.35 Å². The van der Waals surface area contributed by atoms with Crippen LogP contribution in [0, 0.1) is 0 Å². The highest BCUT2D eigenvalue weighted by Gasteiger charge is 2.11. The van der Waals surface area contributed by atoms with E-state index in [0.29, 0.717) is 0 Å².